The zero-order chi connectivity index (χ0) is 33.3. The van der Waals surface area contributed by atoms with Gasteiger partial charge in [-0.25, -0.2) is 13.1 Å². The average molecular weight is 663 g/mol. The highest BCUT2D eigenvalue weighted by Gasteiger charge is 2.24. The van der Waals surface area contributed by atoms with E-state index in [2.05, 4.69) is 5.32 Å². The third-order valence-corrected chi connectivity index (χ3v) is 9.33. The van der Waals surface area contributed by atoms with Crippen molar-refractivity contribution >= 4 is 45.0 Å². The lowest BCUT2D eigenvalue weighted by atomic mass is 9.99. The van der Waals surface area contributed by atoms with E-state index in [1.807, 2.05) is 53.3 Å². The summed E-state index contributed by atoms with van der Waals surface area (Å²) in [5.74, 6) is 0.356. The average Bonchev–Trinajstić information content (AvgIpc) is 3.05. The van der Waals surface area contributed by atoms with E-state index in [4.69, 9.17) is 4.74 Å². The largest absolute Gasteiger partial charge is 0.496 e. The number of carbonyl (C=O) groups excluding carboxylic acids is 2. The van der Waals surface area contributed by atoms with E-state index in [9.17, 15) is 28.1 Å². The van der Waals surface area contributed by atoms with Gasteiger partial charge in [-0.05, 0) is 60.0 Å². The number of nitro benzene ring substituents is 1. The molecule has 240 valence electrons. The number of hydrogen-bond donors (Lipinski definition) is 2. The number of aryl methyl sites for hydroxylation is 1. The number of amides is 2. The van der Waals surface area contributed by atoms with Gasteiger partial charge in [-0.3, -0.25) is 19.7 Å². The fourth-order valence-corrected chi connectivity index (χ4v) is 6.28. The first-order valence-corrected chi connectivity index (χ1v) is 16.7. The zero-order valence-corrected chi connectivity index (χ0v) is 27.2. The van der Waals surface area contributed by atoms with Crippen molar-refractivity contribution in [1.82, 2.24) is 9.62 Å². The van der Waals surface area contributed by atoms with Crippen LogP contribution in [0, 0.1) is 10.1 Å². The highest BCUT2D eigenvalue weighted by Crippen LogP contribution is 2.32. The van der Waals surface area contributed by atoms with Crippen molar-refractivity contribution in [1.29, 1.82) is 0 Å². The van der Waals surface area contributed by atoms with Gasteiger partial charge in [-0.15, -0.1) is 11.8 Å². The number of sulfonamides is 1. The second-order valence-corrected chi connectivity index (χ2v) is 13.2. The Morgan fingerprint density at radius 2 is 1.67 bits per heavy atom. The topological polar surface area (TPSA) is 148 Å². The maximum absolute atomic E-state index is 13.0. The van der Waals surface area contributed by atoms with E-state index in [0.29, 0.717) is 30.9 Å². The molecule has 0 bridgehead atoms. The summed E-state index contributed by atoms with van der Waals surface area (Å²) >= 11 is 1.58. The number of rotatable bonds is 14. The lowest BCUT2D eigenvalue weighted by Crippen LogP contribution is -2.30. The van der Waals surface area contributed by atoms with Gasteiger partial charge in [0.2, 0.25) is 5.91 Å². The molecule has 0 saturated carbocycles. The van der Waals surface area contributed by atoms with Crippen LogP contribution in [0.3, 0.4) is 0 Å². The third-order valence-electron chi connectivity index (χ3n) is 6.98. The minimum Gasteiger partial charge on any atom is -0.496 e. The van der Waals surface area contributed by atoms with Crippen molar-refractivity contribution in [2.45, 2.75) is 22.6 Å². The van der Waals surface area contributed by atoms with Crippen molar-refractivity contribution in [2.24, 2.45) is 0 Å². The molecule has 46 heavy (non-hydrogen) atoms. The van der Waals surface area contributed by atoms with Gasteiger partial charge in [0.05, 0.1) is 16.9 Å². The van der Waals surface area contributed by atoms with Gasteiger partial charge in [-0.1, -0.05) is 42.5 Å². The molecule has 4 aromatic rings. The van der Waals surface area contributed by atoms with Crippen LogP contribution in [0.25, 0.3) is 11.1 Å². The quantitative estimate of drug-likeness (QED) is 0.0760. The van der Waals surface area contributed by atoms with Crippen LogP contribution in [0.1, 0.15) is 22.3 Å². The molecular formula is C33H34N4O7S2. The lowest BCUT2D eigenvalue weighted by Gasteiger charge is -2.13. The molecule has 0 aliphatic heterocycles. The molecular weight excluding hydrogens is 629 g/mol. The molecule has 4 aromatic carbocycles. The number of methoxy groups -OCH3 is 1. The molecule has 0 aromatic heterocycles. The zero-order valence-electron chi connectivity index (χ0n) is 25.6. The summed E-state index contributed by atoms with van der Waals surface area (Å²) in [5.41, 5.74) is 2.24. The molecule has 0 saturated heterocycles. The molecule has 4 rings (SSSR count). The molecule has 0 spiro atoms. The van der Waals surface area contributed by atoms with Gasteiger partial charge >= 0.3 is 0 Å². The number of carbonyl (C=O) groups is 2. The minimum absolute atomic E-state index is 0.0237. The summed E-state index contributed by atoms with van der Waals surface area (Å²) in [6, 6.07) is 25.0. The molecule has 0 aliphatic rings. The Labute approximate surface area is 272 Å². The summed E-state index contributed by atoms with van der Waals surface area (Å²) < 4.78 is 33.6. The predicted molar refractivity (Wildman–Crippen MR) is 179 cm³/mol. The molecule has 0 radical (unpaired) electrons. The van der Waals surface area contributed by atoms with Gasteiger partial charge in [0, 0.05) is 54.9 Å². The normalized spacial score (nSPS) is 11.0. The summed E-state index contributed by atoms with van der Waals surface area (Å²) in [5, 5.41) is 14.7. The van der Waals surface area contributed by atoms with Crippen LogP contribution in [0.5, 0.6) is 5.75 Å². The summed E-state index contributed by atoms with van der Waals surface area (Å²) in [6.45, 7) is 0.410. The predicted octanol–water partition coefficient (Wildman–Crippen LogP) is 5.61. The van der Waals surface area contributed by atoms with E-state index in [0.717, 1.165) is 27.7 Å². The molecule has 0 unspecified atom stereocenters. The second kappa shape index (κ2) is 15.4. The number of nitrogens with zero attached hydrogens (tertiary/aromatic N) is 2. The molecule has 0 heterocycles. The molecule has 2 N–H and O–H groups in total. The monoisotopic (exact) mass is 662 g/mol. The van der Waals surface area contributed by atoms with Crippen LogP contribution in [0.4, 0.5) is 11.4 Å². The molecule has 13 heteroatoms. The van der Waals surface area contributed by atoms with Crippen molar-refractivity contribution in [2.75, 3.05) is 38.8 Å². The van der Waals surface area contributed by atoms with E-state index >= 15 is 0 Å². The minimum atomic E-state index is -4.42. The Kier molecular flexibility index (Phi) is 11.4. The van der Waals surface area contributed by atoms with E-state index in [-0.39, 0.29) is 17.2 Å². The highest BCUT2D eigenvalue weighted by molar-refractivity contribution is 7.99. The lowest BCUT2D eigenvalue weighted by molar-refractivity contribution is -0.384. The van der Waals surface area contributed by atoms with Crippen LogP contribution >= 0.6 is 11.8 Å². The van der Waals surface area contributed by atoms with Crippen molar-refractivity contribution in [3.05, 3.63) is 112 Å². The van der Waals surface area contributed by atoms with Gasteiger partial charge in [-0.2, -0.15) is 0 Å². The Bertz CT molecular complexity index is 1810. The van der Waals surface area contributed by atoms with E-state index in [1.165, 1.54) is 31.4 Å². The molecule has 11 nitrogen and oxygen atoms in total. The first-order valence-electron chi connectivity index (χ1n) is 14.2. The fraction of sp³-hybridized carbons (Fsp3) is 0.212. The Hall–Kier alpha value is -4.88. The number of thioether (sulfide) groups is 1. The Morgan fingerprint density at radius 1 is 0.957 bits per heavy atom. The summed E-state index contributed by atoms with van der Waals surface area (Å²) in [7, 11) is 0.541. The van der Waals surface area contributed by atoms with Gasteiger partial charge in [0.15, 0.2) is 0 Å². The molecule has 0 fully saturated rings. The first-order chi connectivity index (χ1) is 22.0. The molecule has 2 amide bonds. The van der Waals surface area contributed by atoms with Crippen molar-refractivity contribution < 1.29 is 27.7 Å². The maximum Gasteiger partial charge on any atom is 0.293 e. The summed E-state index contributed by atoms with van der Waals surface area (Å²) in [4.78, 5) is 38.1. The number of hydrogen-bond acceptors (Lipinski definition) is 9. The second-order valence-electron chi connectivity index (χ2n) is 10.4. The number of nitro groups is 1. The van der Waals surface area contributed by atoms with E-state index in [1.54, 1.807) is 42.9 Å². The van der Waals surface area contributed by atoms with Crippen LogP contribution in [0.15, 0.2) is 101 Å². The smallest absolute Gasteiger partial charge is 0.293 e. The Morgan fingerprint density at radius 3 is 2.33 bits per heavy atom. The fourth-order valence-electron chi connectivity index (χ4n) is 4.50. The standard InChI is InChI=1S/C33H34N4O7S2/c1-36(2)32(38)18-10-23-9-16-28(31(21-23)44-3)24-11-13-25(14-12-24)33(39)35-46(42,43)27-15-17-29(30(22-27)37(40)41)34-19-20-45-26-7-5-4-6-8-26/h4-9,11-17,21-22,34H,10,18-20H2,1-3H3,(H,35,39). The Balaban J connectivity index is 1.42. The van der Waals surface area contributed by atoms with Crippen molar-refractivity contribution in [3.63, 3.8) is 0 Å². The number of nitrogens with one attached hydrogen (secondary N) is 2. The maximum atomic E-state index is 13.0. The molecule has 0 aliphatic carbocycles. The van der Waals surface area contributed by atoms with Gasteiger partial charge < -0.3 is 15.0 Å². The van der Waals surface area contributed by atoms with Crippen LogP contribution in [-0.4, -0.2) is 63.6 Å². The number of benzene rings is 4. The number of anilines is 1. The first kappa shape index (κ1) is 34.0. The van der Waals surface area contributed by atoms with Crippen LogP contribution in [0.2, 0.25) is 0 Å². The van der Waals surface area contributed by atoms with Crippen LogP contribution in [-0.2, 0) is 21.2 Å². The van der Waals surface area contributed by atoms with Crippen molar-refractivity contribution in [3.8, 4) is 16.9 Å². The van der Waals surface area contributed by atoms with Gasteiger partial charge in [0.1, 0.15) is 11.4 Å². The van der Waals surface area contributed by atoms with E-state index < -0.39 is 31.4 Å². The van der Waals surface area contributed by atoms with Crippen LogP contribution < -0.4 is 14.8 Å². The third kappa shape index (κ3) is 8.86. The van der Waals surface area contributed by atoms with Gasteiger partial charge in [0.25, 0.3) is 21.6 Å². The summed E-state index contributed by atoms with van der Waals surface area (Å²) in [6.07, 6.45) is 0.919. The highest BCUT2D eigenvalue weighted by atomic mass is 32.2. The molecule has 0 atom stereocenters. The number of ether oxygens (including phenoxy) is 1. The SMILES string of the molecule is COc1cc(CCC(=O)N(C)C)ccc1-c1ccc(C(=O)NS(=O)(=O)c2ccc(NCCSc3ccccc3)c([N+](=O)[O-])c2)cc1.